The van der Waals surface area contributed by atoms with Crippen molar-refractivity contribution in [1.82, 2.24) is 24.4 Å². The van der Waals surface area contributed by atoms with E-state index in [9.17, 15) is 0 Å². The molecule has 1 atom stereocenters. The van der Waals surface area contributed by atoms with Gasteiger partial charge in [-0.05, 0) is 25.8 Å². The van der Waals surface area contributed by atoms with Gasteiger partial charge in [0.05, 0.1) is 18.4 Å². The largest absolute Gasteiger partial charge is 0.368 e. The summed E-state index contributed by atoms with van der Waals surface area (Å²) in [6, 6.07) is 4.29. The summed E-state index contributed by atoms with van der Waals surface area (Å²) >= 11 is 0. The molecule has 0 saturated carbocycles. The topological polar surface area (TPSA) is 60.0 Å². The first kappa shape index (κ1) is 14.6. The van der Waals surface area contributed by atoms with Gasteiger partial charge in [0, 0.05) is 30.6 Å². The number of fused-ring (bicyclic) bond motifs is 1. The molecule has 0 unspecified atom stereocenters. The van der Waals surface area contributed by atoms with Gasteiger partial charge in [0.15, 0.2) is 5.65 Å². The zero-order valence-corrected chi connectivity index (χ0v) is 13.3. The van der Waals surface area contributed by atoms with Gasteiger partial charge in [0.2, 0.25) is 0 Å². The van der Waals surface area contributed by atoms with E-state index < -0.39 is 0 Å². The maximum atomic E-state index is 4.62. The van der Waals surface area contributed by atoms with Crippen molar-refractivity contribution < 1.29 is 0 Å². The number of aryl methyl sites for hydroxylation is 2. The molecule has 0 aliphatic heterocycles. The summed E-state index contributed by atoms with van der Waals surface area (Å²) in [5.74, 6) is 0.981. The Balaban J connectivity index is 1.79. The highest BCUT2D eigenvalue weighted by molar-refractivity contribution is 5.49. The standard InChI is InChI=1S/C16H22N6/c1-4-5-14-8-16(22-15(20-14)6-7-18-22)17-10-13(3)21-11-12(2)9-19-21/h6-9,11,13,17H,4-5,10H2,1-3H3/t13-/m0/s1. The molecule has 0 aliphatic rings. The van der Waals surface area contributed by atoms with Crippen LogP contribution in [-0.2, 0) is 6.42 Å². The Morgan fingerprint density at radius 1 is 1.32 bits per heavy atom. The smallest absolute Gasteiger partial charge is 0.157 e. The predicted octanol–water partition coefficient (Wildman–Crippen LogP) is 2.86. The van der Waals surface area contributed by atoms with Crippen molar-refractivity contribution in [3.63, 3.8) is 0 Å². The summed E-state index contributed by atoms with van der Waals surface area (Å²) in [5.41, 5.74) is 3.16. The molecule has 3 aromatic rings. The van der Waals surface area contributed by atoms with Crippen molar-refractivity contribution >= 4 is 11.5 Å². The fourth-order valence-corrected chi connectivity index (χ4v) is 2.50. The van der Waals surface area contributed by atoms with Crippen LogP contribution < -0.4 is 5.32 Å². The van der Waals surface area contributed by atoms with Gasteiger partial charge in [0.25, 0.3) is 0 Å². The average Bonchev–Trinajstić information content (AvgIpc) is 3.13. The number of rotatable bonds is 6. The van der Waals surface area contributed by atoms with Gasteiger partial charge in [-0.15, -0.1) is 0 Å². The zero-order valence-electron chi connectivity index (χ0n) is 13.3. The molecule has 0 amide bonds. The molecule has 3 rings (SSSR count). The van der Waals surface area contributed by atoms with E-state index >= 15 is 0 Å². The number of nitrogens with one attached hydrogen (secondary N) is 1. The lowest BCUT2D eigenvalue weighted by molar-refractivity contribution is 0.511. The van der Waals surface area contributed by atoms with E-state index in [4.69, 9.17) is 0 Å². The van der Waals surface area contributed by atoms with Crippen molar-refractivity contribution in [3.05, 3.63) is 42.0 Å². The number of hydrogen-bond donors (Lipinski definition) is 1. The van der Waals surface area contributed by atoms with Crippen LogP contribution in [0.15, 0.2) is 30.7 Å². The first-order valence-electron chi connectivity index (χ1n) is 7.75. The van der Waals surface area contributed by atoms with E-state index in [0.717, 1.165) is 36.5 Å². The second-order valence-electron chi connectivity index (χ2n) is 5.71. The fraction of sp³-hybridized carbons (Fsp3) is 0.438. The highest BCUT2D eigenvalue weighted by Gasteiger charge is 2.09. The number of hydrogen-bond acceptors (Lipinski definition) is 4. The molecule has 116 valence electrons. The molecule has 3 heterocycles. The minimum atomic E-state index is 0.266. The lowest BCUT2D eigenvalue weighted by atomic mass is 10.2. The van der Waals surface area contributed by atoms with Gasteiger partial charge < -0.3 is 5.32 Å². The summed E-state index contributed by atoms with van der Waals surface area (Å²) in [4.78, 5) is 4.62. The number of anilines is 1. The summed E-state index contributed by atoms with van der Waals surface area (Å²) in [5, 5.41) is 12.2. The molecule has 0 aliphatic carbocycles. The molecular formula is C16H22N6. The third-order valence-electron chi connectivity index (χ3n) is 3.68. The minimum absolute atomic E-state index is 0.266. The fourth-order valence-electron chi connectivity index (χ4n) is 2.50. The molecule has 0 saturated heterocycles. The van der Waals surface area contributed by atoms with Crippen LogP contribution in [0.4, 0.5) is 5.82 Å². The Labute approximate surface area is 130 Å². The molecule has 3 aromatic heterocycles. The van der Waals surface area contributed by atoms with Gasteiger partial charge in [-0.2, -0.15) is 14.7 Å². The van der Waals surface area contributed by atoms with Crippen LogP contribution in [0, 0.1) is 6.92 Å². The first-order chi connectivity index (χ1) is 10.7. The van der Waals surface area contributed by atoms with Crippen molar-refractivity contribution in [2.24, 2.45) is 0 Å². The third kappa shape index (κ3) is 2.95. The third-order valence-corrected chi connectivity index (χ3v) is 3.68. The van der Waals surface area contributed by atoms with Crippen molar-refractivity contribution in [3.8, 4) is 0 Å². The molecule has 6 nitrogen and oxygen atoms in total. The maximum absolute atomic E-state index is 4.62. The monoisotopic (exact) mass is 298 g/mol. The lowest BCUT2D eigenvalue weighted by Crippen LogP contribution is -2.18. The highest BCUT2D eigenvalue weighted by Crippen LogP contribution is 2.15. The molecule has 22 heavy (non-hydrogen) atoms. The van der Waals surface area contributed by atoms with Gasteiger partial charge in [-0.1, -0.05) is 13.3 Å². The van der Waals surface area contributed by atoms with E-state index in [2.05, 4.69) is 53.5 Å². The summed E-state index contributed by atoms with van der Waals surface area (Å²) in [6.07, 6.45) is 7.78. The van der Waals surface area contributed by atoms with Crippen molar-refractivity contribution in [1.29, 1.82) is 0 Å². The van der Waals surface area contributed by atoms with E-state index in [0.29, 0.717) is 0 Å². The van der Waals surface area contributed by atoms with E-state index in [1.54, 1.807) is 6.20 Å². The SMILES string of the molecule is CCCc1cc(NC[C@H](C)n2cc(C)cn2)n2nccc2n1. The maximum Gasteiger partial charge on any atom is 0.157 e. The molecule has 0 bridgehead atoms. The molecule has 0 aromatic carbocycles. The van der Waals surface area contributed by atoms with E-state index in [1.807, 2.05) is 21.5 Å². The molecule has 0 spiro atoms. The zero-order chi connectivity index (χ0) is 15.5. The average molecular weight is 298 g/mol. The highest BCUT2D eigenvalue weighted by atomic mass is 15.3. The van der Waals surface area contributed by atoms with Crippen LogP contribution in [-0.4, -0.2) is 30.9 Å². The Morgan fingerprint density at radius 3 is 2.91 bits per heavy atom. The van der Waals surface area contributed by atoms with Crippen LogP contribution in [0.5, 0.6) is 0 Å². The molecule has 6 heteroatoms. The predicted molar refractivity (Wildman–Crippen MR) is 87.1 cm³/mol. The van der Waals surface area contributed by atoms with Gasteiger partial charge >= 0.3 is 0 Å². The molecular weight excluding hydrogens is 276 g/mol. The summed E-state index contributed by atoms with van der Waals surface area (Å²) < 4.78 is 3.83. The summed E-state index contributed by atoms with van der Waals surface area (Å²) in [7, 11) is 0. The Bertz CT molecular complexity index is 757. The minimum Gasteiger partial charge on any atom is -0.368 e. The molecule has 0 radical (unpaired) electrons. The van der Waals surface area contributed by atoms with E-state index in [1.165, 1.54) is 5.56 Å². The normalized spacial score (nSPS) is 12.7. The second kappa shape index (κ2) is 6.17. The van der Waals surface area contributed by atoms with Crippen LogP contribution in [0.1, 0.15) is 37.6 Å². The van der Waals surface area contributed by atoms with Crippen molar-refractivity contribution in [2.45, 2.75) is 39.7 Å². The van der Waals surface area contributed by atoms with Crippen LogP contribution in [0.3, 0.4) is 0 Å². The Morgan fingerprint density at radius 2 is 2.18 bits per heavy atom. The summed E-state index contributed by atoms with van der Waals surface area (Å²) in [6.45, 7) is 7.15. The van der Waals surface area contributed by atoms with Gasteiger partial charge in [-0.25, -0.2) is 4.98 Å². The van der Waals surface area contributed by atoms with Crippen LogP contribution in [0.2, 0.25) is 0 Å². The van der Waals surface area contributed by atoms with Gasteiger partial charge in [0.1, 0.15) is 5.82 Å². The quantitative estimate of drug-likeness (QED) is 0.760. The Hall–Kier alpha value is -2.37. The lowest BCUT2D eigenvalue weighted by Gasteiger charge is -2.15. The van der Waals surface area contributed by atoms with Gasteiger partial charge in [-0.3, -0.25) is 4.68 Å². The van der Waals surface area contributed by atoms with E-state index in [-0.39, 0.29) is 6.04 Å². The van der Waals surface area contributed by atoms with Crippen LogP contribution in [0.25, 0.3) is 5.65 Å². The molecule has 1 N–H and O–H groups in total. The Kier molecular flexibility index (Phi) is 4.09. The molecule has 0 fully saturated rings. The number of nitrogens with zero attached hydrogens (tertiary/aromatic N) is 5. The van der Waals surface area contributed by atoms with Crippen LogP contribution >= 0.6 is 0 Å². The van der Waals surface area contributed by atoms with Crippen molar-refractivity contribution in [2.75, 3.05) is 11.9 Å². The first-order valence-corrected chi connectivity index (χ1v) is 7.75. The second-order valence-corrected chi connectivity index (χ2v) is 5.71. The number of aromatic nitrogens is 5.